The van der Waals surface area contributed by atoms with Gasteiger partial charge in [-0.3, -0.25) is 4.79 Å². The van der Waals surface area contributed by atoms with Crippen LogP contribution < -0.4 is 0 Å². The first-order valence-corrected chi connectivity index (χ1v) is 4.01. The number of hydrogen-bond acceptors (Lipinski definition) is 1. The molecular formula is C9H3BrF2O. The number of rotatable bonds is 1. The Kier molecular flexibility index (Phi) is 2.79. The van der Waals surface area contributed by atoms with Gasteiger partial charge >= 0.3 is 0 Å². The lowest BCUT2D eigenvalue weighted by molar-refractivity contribution is 0.105. The van der Waals surface area contributed by atoms with Gasteiger partial charge in [-0.15, -0.1) is 6.42 Å². The van der Waals surface area contributed by atoms with Crippen LogP contribution in [0.15, 0.2) is 16.6 Å². The van der Waals surface area contributed by atoms with Crippen molar-refractivity contribution in [3.8, 4) is 12.3 Å². The van der Waals surface area contributed by atoms with Gasteiger partial charge in [-0.2, -0.15) is 0 Å². The number of carbonyl (C=O) groups is 1. The van der Waals surface area contributed by atoms with Crippen LogP contribution in [0.3, 0.4) is 0 Å². The molecule has 0 radical (unpaired) electrons. The second-order valence-corrected chi connectivity index (χ2v) is 3.07. The molecule has 0 saturated heterocycles. The Hall–Kier alpha value is -1.21. The fourth-order valence-electron chi connectivity index (χ4n) is 0.774. The van der Waals surface area contributed by atoms with Gasteiger partial charge in [0.2, 0.25) is 5.78 Å². The fraction of sp³-hybridized carbons (Fsp3) is 0. The van der Waals surface area contributed by atoms with E-state index in [1.807, 2.05) is 5.92 Å². The quantitative estimate of drug-likeness (QED) is 0.321. The molecule has 0 aromatic heterocycles. The Bertz CT molecular complexity index is 407. The van der Waals surface area contributed by atoms with Crippen LogP contribution in [0, 0.1) is 24.0 Å². The van der Waals surface area contributed by atoms with Gasteiger partial charge in [0.05, 0.1) is 0 Å². The molecule has 1 nitrogen and oxygen atoms in total. The maximum atomic E-state index is 12.6. The number of benzene rings is 1. The SMILES string of the molecule is C#CC(=O)c1cc(F)c(F)cc1Br. The molecule has 1 aromatic rings. The van der Waals surface area contributed by atoms with E-state index in [1.54, 1.807) is 0 Å². The van der Waals surface area contributed by atoms with Crippen molar-refractivity contribution in [2.24, 2.45) is 0 Å². The summed E-state index contributed by atoms with van der Waals surface area (Å²) in [4.78, 5) is 10.9. The minimum Gasteiger partial charge on any atom is -0.279 e. The van der Waals surface area contributed by atoms with Crippen LogP contribution in [0.5, 0.6) is 0 Å². The third kappa shape index (κ3) is 1.93. The van der Waals surface area contributed by atoms with E-state index in [-0.39, 0.29) is 10.0 Å². The Morgan fingerprint density at radius 2 is 1.92 bits per heavy atom. The van der Waals surface area contributed by atoms with Crippen molar-refractivity contribution in [3.63, 3.8) is 0 Å². The van der Waals surface area contributed by atoms with Crippen LogP contribution in [0.4, 0.5) is 8.78 Å². The maximum absolute atomic E-state index is 12.6. The molecule has 0 spiro atoms. The van der Waals surface area contributed by atoms with Gasteiger partial charge in [0.15, 0.2) is 11.6 Å². The average molecular weight is 245 g/mol. The zero-order chi connectivity index (χ0) is 10.0. The van der Waals surface area contributed by atoms with E-state index >= 15 is 0 Å². The molecule has 66 valence electrons. The molecule has 1 rings (SSSR count). The number of ketones is 1. The molecule has 0 bridgehead atoms. The van der Waals surface area contributed by atoms with Crippen molar-refractivity contribution in [1.29, 1.82) is 0 Å². The van der Waals surface area contributed by atoms with Crippen LogP contribution in [0.25, 0.3) is 0 Å². The Labute approximate surface area is 81.9 Å². The zero-order valence-electron chi connectivity index (χ0n) is 6.27. The highest BCUT2D eigenvalue weighted by atomic mass is 79.9. The van der Waals surface area contributed by atoms with Gasteiger partial charge in [0, 0.05) is 10.0 Å². The lowest BCUT2D eigenvalue weighted by Crippen LogP contribution is -1.98. The third-order valence-corrected chi connectivity index (χ3v) is 2.04. The van der Waals surface area contributed by atoms with Crippen molar-refractivity contribution in [3.05, 3.63) is 33.8 Å². The number of hydrogen-bond donors (Lipinski definition) is 0. The van der Waals surface area contributed by atoms with Crippen LogP contribution in [0.1, 0.15) is 10.4 Å². The second-order valence-electron chi connectivity index (χ2n) is 2.22. The molecule has 0 aliphatic heterocycles. The molecule has 0 atom stereocenters. The molecule has 0 aliphatic carbocycles. The molecule has 0 heterocycles. The highest BCUT2D eigenvalue weighted by Gasteiger charge is 2.12. The molecular weight excluding hydrogens is 242 g/mol. The Morgan fingerprint density at radius 3 is 2.46 bits per heavy atom. The van der Waals surface area contributed by atoms with Crippen molar-refractivity contribution < 1.29 is 13.6 Å². The lowest BCUT2D eigenvalue weighted by Gasteiger charge is -1.99. The minimum absolute atomic E-state index is 0.0543. The van der Waals surface area contributed by atoms with Crippen LogP contribution in [0.2, 0.25) is 0 Å². The van der Waals surface area contributed by atoms with Gasteiger partial charge < -0.3 is 0 Å². The first-order valence-electron chi connectivity index (χ1n) is 3.21. The normalized spacial score (nSPS) is 9.38. The highest BCUT2D eigenvalue weighted by Crippen LogP contribution is 2.20. The molecule has 0 saturated carbocycles. The van der Waals surface area contributed by atoms with E-state index in [0.29, 0.717) is 0 Å². The second kappa shape index (κ2) is 3.67. The number of halogens is 3. The fourth-order valence-corrected chi connectivity index (χ4v) is 1.27. The highest BCUT2D eigenvalue weighted by molar-refractivity contribution is 9.10. The summed E-state index contributed by atoms with van der Waals surface area (Å²) in [5.41, 5.74) is -0.0543. The lowest BCUT2D eigenvalue weighted by atomic mass is 10.1. The maximum Gasteiger partial charge on any atom is 0.236 e. The number of terminal acetylenes is 1. The van der Waals surface area contributed by atoms with Crippen molar-refractivity contribution in [2.45, 2.75) is 0 Å². The molecule has 0 amide bonds. The molecule has 0 unspecified atom stereocenters. The van der Waals surface area contributed by atoms with Gasteiger partial charge in [-0.05, 0) is 34.0 Å². The Morgan fingerprint density at radius 1 is 1.38 bits per heavy atom. The smallest absolute Gasteiger partial charge is 0.236 e. The van der Waals surface area contributed by atoms with Gasteiger partial charge in [-0.1, -0.05) is 0 Å². The summed E-state index contributed by atoms with van der Waals surface area (Å²) in [6, 6.07) is 1.63. The summed E-state index contributed by atoms with van der Waals surface area (Å²) < 4.78 is 25.3. The largest absolute Gasteiger partial charge is 0.279 e. The summed E-state index contributed by atoms with van der Waals surface area (Å²) in [6.45, 7) is 0. The molecule has 1 aromatic carbocycles. The van der Waals surface area contributed by atoms with E-state index in [4.69, 9.17) is 6.42 Å². The van der Waals surface area contributed by atoms with Crippen molar-refractivity contribution in [2.75, 3.05) is 0 Å². The molecule has 0 fully saturated rings. The minimum atomic E-state index is -1.10. The number of carbonyl (C=O) groups excluding carboxylic acids is 1. The molecule has 13 heavy (non-hydrogen) atoms. The molecule has 4 heteroatoms. The first kappa shape index (κ1) is 9.87. The summed E-state index contributed by atoms with van der Waals surface area (Å²) >= 11 is 2.90. The van der Waals surface area contributed by atoms with E-state index in [1.165, 1.54) is 0 Å². The van der Waals surface area contributed by atoms with Crippen LogP contribution in [-0.2, 0) is 0 Å². The van der Waals surface area contributed by atoms with Gasteiger partial charge in [-0.25, -0.2) is 8.78 Å². The van der Waals surface area contributed by atoms with E-state index in [0.717, 1.165) is 12.1 Å². The summed E-state index contributed by atoms with van der Waals surface area (Å²) in [5, 5.41) is 0. The number of Topliss-reactive ketones (excluding diaryl/α,β-unsaturated/α-hetero) is 1. The predicted molar refractivity (Wildman–Crippen MR) is 47.2 cm³/mol. The van der Waals surface area contributed by atoms with Gasteiger partial charge in [0.1, 0.15) is 0 Å². The molecule has 0 aliphatic rings. The topological polar surface area (TPSA) is 17.1 Å². The summed E-state index contributed by atoms with van der Waals surface area (Å²) in [7, 11) is 0. The first-order chi connectivity index (χ1) is 6.06. The van der Waals surface area contributed by atoms with Crippen molar-refractivity contribution in [1.82, 2.24) is 0 Å². The van der Waals surface area contributed by atoms with Crippen LogP contribution in [-0.4, -0.2) is 5.78 Å². The van der Waals surface area contributed by atoms with Crippen molar-refractivity contribution >= 4 is 21.7 Å². The van der Waals surface area contributed by atoms with E-state index < -0.39 is 17.4 Å². The average Bonchev–Trinajstić information content (AvgIpc) is 2.10. The van der Waals surface area contributed by atoms with E-state index in [2.05, 4.69) is 15.9 Å². The van der Waals surface area contributed by atoms with E-state index in [9.17, 15) is 13.6 Å². The van der Waals surface area contributed by atoms with Gasteiger partial charge in [0.25, 0.3) is 0 Å². The summed E-state index contributed by atoms with van der Waals surface area (Å²) in [5.74, 6) is -1.00. The molecule has 0 N–H and O–H groups in total. The van der Waals surface area contributed by atoms with Crippen LogP contribution >= 0.6 is 15.9 Å². The monoisotopic (exact) mass is 244 g/mol. The third-order valence-electron chi connectivity index (χ3n) is 1.39. The zero-order valence-corrected chi connectivity index (χ0v) is 7.86. The summed E-state index contributed by atoms with van der Waals surface area (Å²) in [6.07, 6.45) is 4.82. The Balaban J connectivity index is 3.33. The standard InChI is InChI=1S/C9H3BrF2O/c1-2-9(13)5-3-7(11)8(12)4-6(5)10/h1,3-4H. The predicted octanol–water partition coefficient (Wildman–Crippen LogP) is 2.54.